The van der Waals surface area contributed by atoms with Crippen molar-refractivity contribution in [1.29, 1.82) is 0 Å². The van der Waals surface area contributed by atoms with Crippen molar-refractivity contribution in [2.75, 3.05) is 0 Å². The zero-order valence-electron chi connectivity index (χ0n) is 11.4. The number of carboxylic acid groups (broad SMARTS) is 1. The van der Waals surface area contributed by atoms with E-state index in [-0.39, 0.29) is 12.8 Å². The summed E-state index contributed by atoms with van der Waals surface area (Å²) < 4.78 is 5.00. The maximum absolute atomic E-state index is 11.5. The first-order valence-corrected chi connectivity index (χ1v) is 5.83. The Morgan fingerprint density at radius 2 is 1.95 bits per heavy atom. The fourth-order valence-corrected chi connectivity index (χ4v) is 1.20. The number of carbonyl (C=O) groups excluding carboxylic acids is 2. The smallest absolute Gasteiger partial charge is 0.326 e. The van der Waals surface area contributed by atoms with Crippen LogP contribution in [0.1, 0.15) is 40.0 Å². The molecule has 0 spiro atoms. The SMILES string of the molecule is C#CCCC(=O)N[C@@H](CC(=O)OC(C)(C)C)C(=O)O. The van der Waals surface area contributed by atoms with E-state index in [4.69, 9.17) is 16.3 Å². The lowest BCUT2D eigenvalue weighted by Crippen LogP contribution is -2.43. The minimum absolute atomic E-state index is 0.0224. The van der Waals surface area contributed by atoms with Gasteiger partial charge in [-0.15, -0.1) is 12.3 Å². The molecule has 0 saturated carbocycles. The van der Waals surface area contributed by atoms with Gasteiger partial charge in [0.1, 0.15) is 11.6 Å². The van der Waals surface area contributed by atoms with E-state index in [0.717, 1.165) is 0 Å². The Morgan fingerprint density at radius 3 is 2.37 bits per heavy atom. The van der Waals surface area contributed by atoms with Crippen molar-refractivity contribution in [2.45, 2.75) is 51.7 Å². The van der Waals surface area contributed by atoms with Crippen LogP contribution in [0, 0.1) is 12.3 Å². The van der Waals surface area contributed by atoms with Crippen LogP contribution in [-0.2, 0) is 19.1 Å². The number of carboxylic acids is 1. The molecule has 2 N–H and O–H groups in total. The number of aliphatic carboxylic acids is 1. The average molecular weight is 269 g/mol. The standard InChI is InChI=1S/C13H19NO5/c1-5-6-7-10(15)14-9(12(17)18)8-11(16)19-13(2,3)4/h1,9H,6-8H2,2-4H3,(H,14,15)(H,17,18)/t9-/m0/s1. The molecule has 0 saturated heterocycles. The Morgan fingerprint density at radius 1 is 1.37 bits per heavy atom. The van der Waals surface area contributed by atoms with Crippen LogP contribution in [0.15, 0.2) is 0 Å². The summed E-state index contributed by atoms with van der Waals surface area (Å²) in [5, 5.41) is 11.2. The molecule has 6 heteroatoms. The van der Waals surface area contributed by atoms with E-state index in [1.54, 1.807) is 20.8 Å². The number of amides is 1. The highest BCUT2D eigenvalue weighted by Crippen LogP contribution is 2.09. The molecule has 0 fully saturated rings. The number of hydrogen-bond donors (Lipinski definition) is 2. The Labute approximate surface area is 112 Å². The highest BCUT2D eigenvalue weighted by molar-refractivity contribution is 5.87. The van der Waals surface area contributed by atoms with Gasteiger partial charge in [0.25, 0.3) is 0 Å². The van der Waals surface area contributed by atoms with Gasteiger partial charge in [-0.2, -0.15) is 0 Å². The van der Waals surface area contributed by atoms with E-state index >= 15 is 0 Å². The van der Waals surface area contributed by atoms with Gasteiger partial charge in [-0.25, -0.2) is 4.79 Å². The van der Waals surface area contributed by atoms with Crippen molar-refractivity contribution in [3.8, 4) is 12.3 Å². The number of carbonyl (C=O) groups is 3. The molecule has 0 heterocycles. The molecule has 0 aliphatic heterocycles. The summed E-state index contributed by atoms with van der Waals surface area (Å²) in [5.74, 6) is -0.208. The zero-order chi connectivity index (χ0) is 15.1. The number of terminal acetylenes is 1. The van der Waals surface area contributed by atoms with Crippen LogP contribution in [-0.4, -0.2) is 34.6 Å². The molecule has 1 atom stereocenters. The van der Waals surface area contributed by atoms with Gasteiger partial charge in [0.05, 0.1) is 6.42 Å². The van der Waals surface area contributed by atoms with Gasteiger partial charge >= 0.3 is 11.9 Å². The van der Waals surface area contributed by atoms with Crippen molar-refractivity contribution in [3.63, 3.8) is 0 Å². The number of ether oxygens (including phenoxy) is 1. The fraction of sp³-hybridized carbons (Fsp3) is 0.615. The molecule has 0 aromatic rings. The maximum atomic E-state index is 11.5. The minimum atomic E-state index is -1.31. The van der Waals surface area contributed by atoms with Gasteiger partial charge in [-0.05, 0) is 20.8 Å². The van der Waals surface area contributed by atoms with E-state index in [1.165, 1.54) is 0 Å². The normalized spacial score (nSPS) is 12.1. The van der Waals surface area contributed by atoms with Gasteiger partial charge in [0, 0.05) is 12.8 Å². The van der Waals surface area contributed by atoms with E-state index in [0.29, 0.717) is 0 Å². The van der Waals surface area contributed by atoms with Gasteiger partial charge in [0.2, 0.25) is 5.91 Å². The third-order valence-corrected chi connectivity index (χ3v) is 1.92. The van der Waals surface area contributed by atoms with Crippen LogP contribution >= 0.6 is 0 Å². The van der Waals surface area contributed by atoms with Crippen molar-refractivity contribution in [2.24, 2.45) is 0 Å². The molecule has 0 unspecified atom stereocenters. The number of rotatable bonds is 6. The molecule has 0 aromatic heterocycles. The average Bonchev–Trinajstić information content (AvgIpc) is 2.22. The number of nitrogens with one attached hydrogen (secondary N) is 1. The van der Waals surface area contributed by atoms with E-state index in [9.17, 15) is 14.4 Å². The first-order chi connectivity index (χ1) is 8.65. The second-order valence-corrected chi connectivity index (χ2v) is 4.95. The van der Waals surface area contributed by atoms with Crippen molar-refractivity contribution in [3.05, 3.63) is 0 Å². The predicted octanol–water partition coefficient (Wildman–Crippen LogP) is 0.701. The predicted molar refractivity (Wildman–Crippen MR) is 68.1 cm³/mol. The van der Waals surface area contributed by atoms with Crippen LogP contribution in [0.4, 0.5) is 0 Å². The van der Waals surface area contributed by atoms with Gasteiger partial charge in [-0.1, -0.05) is 0 Å². The highest BCUT2D eigenvalue weighted by atomic mass is 16.6. The molecule has 0 rings (SSSR count). The van der Waals surface area contributed by atoms with E-state index in [2.05, 4.69) is 11.2 Å². The third-order valence-electron chi connectivity index (χ3n) is 1.92. The summed E-state index contributed by atoms with van der Waals surface area (Å²) in [6, 6.07) is -1.31. The minimum Gasteiger partial charge on any atom is -0.480 e. The van der Waals surface area contributed by atoms with Crippen molar-refractivity contribution in [1.82, 2.24) is 5.32 Å². The molecule has 0 bridgehead atoms. The molecule has 0 aromatic carbocycles. The highest BCUT2D eigenvalue weighted by Gasteiger charge is 2.26. The molecular formula is C13H19NO5. The summed E-state index contributed by atoms with van der Waals surface area (Å²) in [6.45, 7) is 5.02. The summed E-state index contributed by atoms with van der Waals surface area (Å²) in [4.78, 5) is 33.8. The lowest BCUT2D eigenvalue weighted by atomic mass is 10.1. The third kappa shape index (κ3) is 8.66. The van der Waals surface area contributed by atoms with E-state index < -0.39 is 35.9 Å². The molecular weight excluding hydrogens is 250 g/mol. The second kappa shape index (κ2) is 7.41. The quantitative estimate of drug-likeness (QED) is 0.547. The van der Waals surface area contributed by atoms with Crippen LogP contribution in [0.2, 0.25) is 0 Å². The summed E-state index contributed by atoms with van der Waals surface area (Å²) in [7, 11) is 0. The molecule has 1 amide bonds. The summed E-state index contributed by atoms with van der Waals surface area (Å²) >= 11 is 0. The van der Waals surface area contributed by atoms with Crippen LogP contribution in [0.3, 0.4) is 0 Å². The summed E-state index contributed by atoms with van der Waals surface area (Å²) in [6.07, 6.45) is 4.81. The van der Waals surface area contributed by atoms with Gasteiger partial charge in [0.15, 0.2) is 0 Å². The number of esters is 1. The molecule has 19 heavy (non-hydrogen) atoms. The second-order valence-electron chi connectivity index (χ2n) is 4.95. The Bertz CT molecular complexity index is 389. The monoisotopic (exact) mass is 269 g/mol. The topological polar surface area (TPSA) is 92.7 Å². The first kappa shape index (κ1) is 17.0. The first-order valence-electron chi connectivity index (χ1n) is 5.83. The Balaban J connectivity index is 4.43. The molecule has 0 radical (unpaired) electrons. The molecule has 106 valence electrons. The zero-order valence-corrected chi connectivity index (χ0v) is 11.4. The maximum Gasteiger partial charge on any atom is 0.326 e. The van der Waals surface area contributed by atoms with Crippen LogP contribution in [0.5, 0.6) is 0 Å². The fourth-order valence-electron chi connectivity index (χ4n) is 1.20. The number of hydrogen-bond acceptors (Lipinski definition) is 4. The molecule has 6 nitrogen and oxygen atoms in total. The lowest BCUT2D eigenvalue weighted by Gasteiger charge is -2.21. The van der Waals surface area contributed by atoms with Crippen LogP contribution in [0.25, 0.3) is 0 Å². The van der Waals surface area contributed by atoms with Crippen molar-refractivity contribution >= 4 is 17.8 Å². The Kier molecular flexibility index (Phi) is 6.62. The lowest BCUT2D eigenvalue weighted by molar-refractivity contribution is -0.158. The van der Waals surface area contributed by atoms with E-state index in [1.807, 2.05) is 0 Å². The molecule has 0 aliphatic rings. The molecule has 0 aliphatic carbocycles. The largest absolute Gasteiger partial charge is 0.480 e. The van der Waals surface area contributed by atoms with Gasteiger partial charge in [-0.3, -0.25) is 9.59 Å². The van der Waals surface area contributed by atoms with Crippen LogP contribution < -0.4 is 5.32 Å². The summed E-state index contributed by atoms with van der Waals surface area (Å²) in [5.41, 5.74) is -0.701. The van der Waals surface area contributed by atoms with Crippen molar-refractivity contribution < 1.29 is 24.2 Å². The van der Waals surface area contributed by atoms with Gasteiger partial charge < -0.3 is 15.2 Å². The Hall–Kier alpha value is -2.03.